The van der Waals surface area contributed by atoms with Crippen molar-refractivity contribution in [2.75, 3.05) is 6.61 Å². The largest absolute Gasteiger partial charge is 0.394 e. The molecule has 2 N–H and O–H groups in total. The van der Waals surface area contributed by atoms with Crippen LogP contribution in [0.1, 0.15) is 37.6 Å². The molecule has 3 rings (SSSR count). The summed E-state index contributed by atoms with van der Waals surface area (Å²) in [4.78, 5) is 16.4. The van der Waals surface area contributed by atoms with Crippen LogP contribution in [0.5, 0.6) is 0 Å². The lowest BCUT2D eigenvalue weighted by atomic mass is 9.96. The molecule has 1 aromatic heterocycles. The molecule has 1 amide bonds. The smallest absolute Gasteiger partial charge is 0.227 e. The molecule has 2 aromatic rings. The lowest BCUT2D eigenvalue weighted by Gasteiger charge is -2.28. The van der Waals surface area contributed by atoms with E-state index in [0.717, 1.165) is 12.8 Å². The maximum Gasteiger partial charge on any atom is 0.227 e. The van der Waals surface area contributed by atoms with Crippen LogP contribution in [0.2, 0.25) is 0 Å². The summed E-state index contributed by atoms with van der Waals surface area (Å²) in [5.74, 6) is 0.631. The van der Waals surface area contributed by atoms with Crippen LogP contribution in [-0.4, -0.2) is 33.3 Å². The predicted molar refractivity (Wildman–Crippen MR) is 89.1 cm³/mol. The van der Waals surface area contributed by atoms with Gasteiger partial charge in [-0.25, -0.2) is 4.39 Å². The molecule has 1 atom stereocenters. The SMILES string of the molecule is Cc1cc(-c2noc(CCC(=O)NC(C)(CO)C3CC3)n2)ccc1F. The van der Waals surface area contributed by atoms with Crippen LogP contribution in [0.25, 0.3) is 11.4 Å². The molecule has 25 heavy (non-hydrogen) atoms. The van der Waals surface area contributed by atoms with Crippen LogP contribution in [-0.2, 0) is 11.2 Å². The van der Waals surface area contributed by atoms with Crippen LogP contribution in [0.4, 0.5) is 4.39 Å². The lowest BCUT2D eigenvalue weighted by molar-refractivity contribution is -0.123. The summed E-state index contributed by atoms with van der Waals surface area (Å²) in [7, 11) is 0. The van der Waals surface area contributed by atoms with Crippen LogP contribution in [0.3, 0.4) is 0 Å². The Morgan fingerprint density at radius 3 is 2.88 bits per heavy atom. The molecule has 1 heterocycles. The van der Waals surface area contributed by atoms with Crippen molar-refractivity contribution in [3.63, 3.8) is 0 Å². The van der Waals surface area contributed by atoms with Gasteiger partial charge in [-0.05, 0) is 56.4 Å². The number of nitrogens with one attached hydrogen (secondary N) is 1. The number of carbonyl (C=O) groups excluding carboxylic acids is 1. The molecule has 0 radical (unpaired) electrons. The molecule has 1 fully saturated rings. The first kappa shape index (κ1) is 17.5. The van der Waals surface area contributed by atoms with Crippen LogP contribution in [0, 0.1) is 18.7 Å². The Labute approximate surface area is 145 Å². The highest BCUT2D eigenvalue weighted by atomic mass is 19.1. The third kappa shape index (κ3) is 4.04. The Balaban J connectivity index is 1.58. The second kappa shape index (κ2) is 6.92. The number of halogens is 1. The van der Waals surface area contributed by atoms with E-state index >= 15 is 0 Å². The summed E-state index contributed by atoms with van der Waals surface area (Å²) in [5.41, 5.74) is 0.620. The number of aromatic nitrogens is 2. The fourth-order valence-corrected chi connectivity index (χ4v) is 2.85. The van der Waals surface area contributed by atoms with E-state index in [9.17, 15) is 14.3 Å². The van der Waals surface area contributed by atoms with Crippen LogP contribution < -0.4 is 5.32 Å². The quantitative estimate of drug-likeness (QED) is 0.803. The maximum atomic E-state index is 13.3. The van der Waals surface area contributed by atoms with Crippen molar-refractivity contribution in [3.05, 3.63) is 35.5 Å². The van der Waals surface area contributed by atoms with Gasteiger partial charge in [0, 0.05) is 18.4 Å². The number of rotatable bonds is 7. The monoisotopic (exact) mass is 347 g/mol. The van der Waals surface area contributed by atoms with Gasteiger partial charge in [0.15, 0.2) is 0 Å². The summed E-state index contributed by atoms with van der Waals surface area (Å²) < 4.78 is 18.5. The van der Waals surface area contributed by atoms with E-state index in [4.69, 9.17) is 4.52 Å². The molecule has 1 aromatic carbocycles. The minimum atomic E-state index is -0.553. The van der Waals surface area contributed by atoms with E-state index in [1.807, 2.05) is 6.92 Å². The topological polar surface area (TPSA) is 88.2 Å². The number of carbonyl (C=O) groups is 1. The number of hydrogen-bond acceptors (Lipinski definition) is 5. The molecule has 6 nitrogen and oxygen atoms in total. The Morgan fingerprint density at radius 2 is 2.24 bits per heavy atom. The van der Waals surface area contributed by atoms with E-state index in [1.165, 1.54) is 6.07 Å². The summed E-state index contributed by atoms with van der Waals surface area (Å²) in [6.07, 6.45) is 2.57. The fourth-order valence-electron chi connectivity index (χ4n) is 2.85. The third-order valence-electron chi connectivity index (χ3n) is 4.68. The predicted octanol–water partition coefficient (Wildman–Crippen LogP) is 2.39. The number of aliphatic hydroxyl groups is 1. The summed E-state index contributed by atoms with van der Waals surface area (Å²) >= 11 is 0. The normalized spacial score (nSPS) is 16.5. The Morgan fingerprint density at radius 1 is 1.48 bits per heavy atom. The molecule has 0 saturated heterocycles. The van der Waals surface area contributed by atoms with Crippen molar-refractivity contribution in [1.82, 2.24) is 15.5 Å². The van der Waals surface area contributed by atoms with Gasteiger partial charge in [0.25, 0.3) is 0 Å². The number of aryl methyl sites for hydroxylation is 2. The average molecular weight is 347 g/mol. The minimum absolute atomic E-state index is 0.0714. The number of hydrogen-bond donors (Lipinski definition) is 2. The zero-order chi connectivity index (χ0) is 18.0. The number of aliphatic hydroxyl groups excluding tert-OH is 1. The molecule has 0 aliphatic heterocycles. The molecule has 1 unspecified atom stereocenters. The van der Waals surface area contributed by atoms with Crippen molar-refractivity contribution >= 4 is 5.91 Å². The number of benzene rings is 1. The Bertz CT molecular complexity index is 773. The van der Waals surface area contributed by atoms with Gasteiger partial charge in [0.1, 0.15) is 5.82 Å². The first-order valence-corrected chi connectivity index (χ1v) is 8.42. The zero-order valence-electron chi connectivity index (χ0n) is 14.4. The zero-order valence-corrected chi connectivity index (χ0v) is 14.4. The van der Waals surface area contributed by atoms with Gasteiger partial charge in [-0.3, -0.25) is 4.79 Å². The highest BCUT2D eigenvalue weighted by Gasteiger charge is 2.42. The highest BCUT2D eigenvalue weighted by molar-refractivity contribution is 5.77. The van der Waals surface area contributed by atoms with Crippen molar-refractivity contribution in [2.24, 2.45) is 5.92 Å². The van der Waals surface area contributed by atoms with Crippen LogP contribution >= 0.6 is 0 Å². The highest BCUT2D eigenvalue weighted by Crippen LogP contribution is 2.39. The molecule has 1 aliphatic rings. The first-order valence-electron chi connectivity index (χ1n) is 8.42. The summed E-state index contributed by atoms with van der Waals surface area (Å²) in [6.45, 7) is 3.46. The van der Waals surface area contributed by atoms with Crippen molar-refractivity contribution in [3.8, 4) is 11.4 Å². The van der Waals surface area contributed by atoms with Gasteiger partial charge in [0.05, 0.1) is 12.1 Å². The molecule has 0 spiro atoms. The van der Waals surface area contributed by atoms with Crippen LogP contribution in [0.15, 0.2) is 22.7 Å². The molecule has 1 aliphatic carbocycles. The van der Waals surface area contributed by atoms with E-state index in [1.54, 1.807) is 19.1 Å². The lowest BCUT2D eigenvalue weighted by Crippen LogP contribution is -2.50. The second-order valence-corrected chi connectivity index (χ2v) is 6.87. The minimum Gasteiger partial charge on any atom is -0.394 e. The third-order valence-corrected chi connectivity index (χ3v) is 4.68. The molecule has 134 valence electrons. The molecule has 1 saturated carbocycles. The summed E-state index contributed by atoms with van der Waals surface area (Å²) in [5, 5.41) is 16.3. The average Bonchev–Trinajstić information content (AvgIpc) is 3.35. The molecule has 0 bridgehead atoms. The van der Waals surface area contributed by atoms with E-state index in [2.05, 4.69) is 15.5 Å². The van der Waals surface area contributed by atoms with E-state index < -0.39 is 5.54 Å². The van der Waals surface area contributed by atoms with Gasteiger partial charge >= 0.3 is 0 Å². The molecular formula is C18H22FN3O3. The number of amides is 1. The molecular weight excluding hydrogens is 325 g/mol. The first-order chi connectivity index (χ1) is 11.9. The van der Waals surface area contributed by atoms with Gasteiger partial charge < -0.3 is 14.9 Å². The van der Waals surface area contributed by atoms with Crippen molar-refractivity contribution < 1.29 is 18.8 Å². The standard InChI is InChI=1S/C18H22FN3O3/c1-11-9-12(3-6-14(11)19)17-20-16(25-22-17)8-7-15(24)21-18(2,10-23)13-4-5-13/h3,6,9,13,23H,4-5,7-8,10H2,1-2H3,(H,21,24). The van der Waals surface area contributed by atoms with Gasteiger partial charge in [0.2, 0.25) is 17.6 Å². The van der Waals surface area contributed by atoms with Gasteiger partial charge in [-0.15, -0.1) is 0 Å². The second-order valence-electron chi connectivity index (χ2n) is 6.87. The number of nitrogens with zero attached hydrogens (tertiary/aromatic N) is 2. The Kier molecular flexibility index (Phi) is 4.85. The summed E-state index contributed by atoms with van der Waals surface area (Å²) in [6, 6.07) is 4.60. The maximum absolute atomic E-state index is 13.3. The van der Waals surface area contributed by atoms with E-state index in [-0.39, 0.29) is 24.8 Å². The fraction of sp³-hybridized carbons (Fsp3) is 0.500. The van der Waals surface area contributed by atoms with Gasteiger partial charge in [-0.2, -0.15) is 4.98 Å². The Hall–Kier alpha value is -2.28. The molecule has 7 heteroatoms. The van der Waals surface area contributed by atoms with E-state index in [0.29, 0.717) is 35.2 Å². The van der Waals surface area contributed by atoms with Gasteiger partial charge in [-0.1, -0.05) is 5.16 Å². The van der Waals surface area contributed by atoms with Crippen molar-refractivity contribution in [1.29, 1.82) is 0 Å². The van der Waals surface area contributed by atoms with Crippen molar-refractivity contribution in [2.45, 2.75) is 45.1 Å².